The highest BCUT2D eigenvalue weighted by molar-refractivity contribution is 7.12. The zero-order valence-electron chi connectivity index (χ0n) is 15.3. The smallest absolute Gasteiger partial charge is 0.226 e. The summed E-state index contributed by atoms with van der Waals surface area (Å²) in [6.07, 6.45) is 5.95. The van der Waals surface area contributed by atoms with Gasteiger partial charge in [0.25, 0.3) is 0 Å². The number of hydrogen-bond donors (Lipinski definition) is 1. The summed E-state index contributed by atoms with van der Waals surface area (Å²) >= 11 is 1.53. The lowest BCUT2D eigenvalue weighted by Crippen LogP contribution is -2.28. The number of nitrogens with one attached hydrogen (secondary N) is 1. The van der Waals surface area contributed by atoms with E-state index in [1.54, 1.807) is 14.2 Å². The van der Waals surface area contributed by atoms with E-state index in [9.17, 15) is 4.79 Å². The number of aromatic nitrogens is 2. The summed E-state index contributed by atoms with van der Waals surface area (Å²) in [6.45, 7) is 0. The minimum Gasteiger partial charge on any atom is -0.493 e. The van der Waals surface area contributed by atoms with Crippen LogP contribution in [0, 0.1) is 0 Å². The van der Waals surface area contributed by atoms with E-state index in [1.807, 2.05) is 46.6 Å². The van der Waals surface area contributed by atoms with Crippen molar-refractivity contribution < 1.29 is 14.3 Å². The van der Waals surface area contributed by atoms with Crippen molar-refractivity contribution in [1.29, 1.82) is 0 Å². The third-order valence-corrected chi connectivity index (χ3v) is 5.67. The molecular formula is C20H21N3O3S. The topological polar surface area (TPSA) is 65.4 Å². The molecule has 6 nitrogen and oxygen atoms in total. The number of rotatable bonds is 6. The van der Waals surface area contributed by atoms with Gasteiger partial charge in [0.05, 0.1) is 32.4 Å². The van der Waals surface area contributed by atoms with E-state index in [0.717, 1.165) is 35.0 Å². The first kappa shape index (κ1) is 17.6. The summed E-state index contributed by atoms with van der Waals surface area (Å²) < 4.78 is 12.7. The van der Waals surface area contributed by atoms with Gasteiger partial charge in [0.2, 0.25) is 5.91 Å². The predicted octanol–water partition coefficient (Wildman–Crippen LogP) is 3.30. The van der Waals surface area contributed by atoms with Crippen molar-refractivity contribution in [2.45, 2.75) is 25.3 Å². The number of hydrogen-bond acceptors (Lipinski definition) is 5. The van der Waals surface area contributed by atoms with Crippen LogP contribution in [0.2, 0.25) is 0 Å². The standard InChI is InChI=1S/C20H21N3O3S/c1-25-17-9-13-5-6-16(15(13)11-18(17)26-2)22-19(24)10-14-12-27-20(21-14)23-7-3-4-8-23/h3-4,7-9,11-12,16H,5-6,10H2,1-2H3,(H,22,24). The summed E-state index contributed by atoms with van der Waals surface area (Å²) in [5, 5.41) is 5.94. The highest BCUT2D eigenvalue weighted by atomic mass is 32.1. The monoisotopic (exact) mass is 383 g/mol. The van der Waals surface area contributed by atoms with Gasteiger partial charge in [-0.15, -0.1) is 11.3 Å². The molecule has 0 bridgehead atoms. The molecule has 140 valence electrons. The molecule has 0 radical (unpaired) electrons. The second-order valence-corrected chi connectivity index (χ2v) is 7.29. The SMILES string of the molecule is COc1cc2c(cc1OC)C(NC(=O)Cc1csc(-n3cccc3)n1)CC2. The van der Waals surface area contributed by atoms with Crippen LogP contribution in [0.4, 0.5) is 0 Å². The first-order chi connectivity index (χ1) is 13.2. The maximum absolute atomic E-state index is 12.5. The predicted molar refractivity (Wildman–Crippen MR) is 104 cm³/mol. The van der Waals surface area contributed by atoms with Crippen molar-refractivity contribution in [2.24, 2.45) is 0 Å². The van der Waals surface area contributed by atoms with Crippen molar-refractivity contribution >= 4 is 17.2 Å². The van der Waals surface area contributed by atoms with Gasteiger partial charge in [-0.1, -0.05) is 0 Å². The number of thiazole rings is 1. The Morgan fingerprint density at radius 1 is 1.26 bits per heavy atom. The fraction of sp³-hybridized carbons (Fsp3) is 0.300. The molecule has 1 aliphatic carbocycles. The number of carbonyl (C=O) groups excluding carboxylic acids is 1. The molecule has 0 aliphatic heterocycles. The van der Waals surface area contributed by atoms with Gasteiger partial charge < -0.3 is 19.4 Å². The molecule has 1 atom stereocenters. The molecule has 4 rings (SSSR count). The molecular weight excluding hydrogens is 362 g/mol. The first-order valence-electron chi connectivity index (χ1n) is 8.80. The number of amides is 1. The van der Waals surface area contributed by atoms with Gasteiger partial charge >= 0.3 is 0 Å². The highest BCUT2D eigenvalue weighted by Gasteiger charge is 2.26. The molecule has 1 aromatic carbocycles. The fourth-order valence-electron chi connectivity index (χ4n) is 3.45. The third-order valence-electron chi connectivity index (χ3n) is 4.77. The lowest BCUT2D eigenvalue weighted by molar-refractivity contribution is -0.121. The lowest BCUT2D eigenvalue weighted by atomic mass is 10.1. The van der Waals surface area contributed by atoms with Crippen LogP contribution in [0.1, 0.15) is 29.3 Å². The largest absolute Gasteiger partial charge is 0.493 e. The lowest BCUT2D eigenvalue weighted by Gasteiger charge is -2.16. The van der Waals surface area contributed by atoms with Gasteiger partial charge in [0, 0.05) is 17.8 Å². The maximum atomic E-state index is 12.5. The molecule has 1 unspecified atom stereocenters. The summed E-state index contributed by atoms with van der Waals surface area (Å²) in [4.78, 5) is 17.1. The Kier molecular flexibility index (Phi) is 4.85. The molecule has 0 fully saturated rings. The molecule has 7 heteroatoms. The molecule has 1 amide bonds. The van der Waals surface area contributed by atoms with Crippen LogP contribution in [0.25, 0.3) is 5.13 Å². The van der Waals surface area contributed by atoms with E-state index < -0.39 is 0 Å². The Balaban J connectivity index is 1.44. The van der Waals surface area contributed by atoms with E-state index in [0.29, 0.717) is 5.75 Å². The normalized spacial score (nSPS) is 15.4. The van der Waals surface area contributed by atoms with E-state index in [2.05, 4.69) is 10.3 Å². The summed E-state index contributed by atoms with van der Waals surface area (Å²) in [7, 11) is 3.26. The quantitative estimate of drug-likeness (QED) is 0.709. The van der Waals surface area contributed by atoms with Gasteiger partial charge in [-0.25, -0.2) is 4.98 Å². The van der Waals surface area contributed by atoms with Crippen molar-refractivity contribution in [3.05, 3.63) is 58.9 Å². The minimum atomic E-state index is -0.0213. The zero-order chi connectivity index (χ0) is 18.8. The number of nitrogens with zero attached hydrogens (tertiary/aromatic N) is 2. The van der Waals surface area contributed by atoms with Gasteiger partial charge in [0.1, 0.15) is 0 Å². The number of fused-ring (bicyclic) bond motifs is 1. The number of aryl methyl sites for hydroxylation is 1. The molecule has 27 heavy (non-hydrogen) atoms. The molecule has 3 aromatic rings. The Labute approximate surface area is 161 Å². The molecule has 1 N–H and O–H groups in total. The first-order valence-corrected chi connectivity index (χ1v) is 9.68. The summed E-state index contributed by atoms with van der Waals surface area (Å²) in [6, 6.07) is 7.88. The van der Waals surface area contributed by atoms with Gasteiger partial charge in [0.15, 0.2) is 16.6 Å². The second-order valence-electron chi connectivity index (χ2n) is 6.45. The van der Waals surface area contributed by atoms with E-state index >= 15 is 0 Å². The van der Waals surface area contributed by atoms with Crippen LogP contribution in [-0.4, -0.2) is 29.7 Å². The molecule has 0 saturated carbocycles. The Bertz CT molecular complexity index is 950. The molecule has 2 aromatic heterocycles. The maximum Gasteiger partial charge on any atom is 0.226 e. The van der Waals surface area contributed by atoms with Crippen LogP contribution in [0.3, 0.4) is 0 Å². The average molecular weight is 383 g/mol. The Hall–Kier alpha value is -2.80. The Morgan fingerprint density at radius 2 is 2.00 bits per heavy atom. The zero-order valence-corrected chi connectivity index (χ0v) is 16.1. The minimum absolute atomic E-state index is 0.00476. The van der Waals surface area contributed by atoms with Crippen molar-refractivity contribution in [3.63, 3.8) is 0 Å². The van der Waals surface area contributed by atoms with Crippen LogP contribution < -0.4 is 14.8 Å². The third kappa shape index (κ3) is 3.55. The van der Waals surface area contributed by atoms with Crippen LogP contribution in [0.15, 0.2) is 42.0 Å². The van der Waals surface area contributed by atoms with Gasteiger partial charge in [-0.2, -0.15) is 0 Å². The van der Waals surface area contributed by atoms with Gasteiger partial charge in [-0.3, -0.25) is 4.79 Å². The van der Waals surface area contributed by atoms with Crippen molar-refractivity contribution in [2.75, 3.05) is 14.2 Å². The number of ether oxygens (including phenoxy) is 2. The van der Waals surface area contributed by atoms with Crippen LogP contribution in [-0.2, 0) is 17.6 Å². The molecule has 0 spiro atoms. The van der Waals surface area contributed by atoms with E-state index in [-0.39, 0.29) is 18.4 Å². The van der Waals surface area contributed by atoms with Crippen LogP contribution >= 0.6 is 11.3 Å². The van der Waals surface area contributed by atoms with Crippen molar-refractivity contribution in [1.82, 2.24) is 14.9 Å². The molecule has 2 heterocycles. The van der Waals surface area contributed by atoms with Gasteiger partial charge in [-0.05, 0) is 48.2 Å². The molecule has 0 saturated heterocycles. The highest BCUT2D eigenvalue weighted by Crippen LogP contribution is 2.39. The van der Waals surface area contributed by atoms with E-state index in [4.69, 9.17) is 9.47 Å². The summed E-state index contributed by atoms with van der Waals surface area (Å²) in [5.41, 5.74) is 3.08. The van der Waals surface area contributed by atoms with Crippen LogP contribution in [0.5, 0.6) is 11.5 Å². The number of carbonyl (C=O) groups is 1. The van der Waals surface area contributed by atoms with Crippen molar-refractivity contribution in [3.8, 4) is 16.6 Å². The van der Waals surface area contributed by atoms with E-state index in [1.165, 1.54) is 16.9 Å². The average Bonchev–Trinajstić information content (AvgIpc) is 3.41. The molecule has 1 aliphatic rings. The summed E-state index contributed by atoms with van der Waals surface area (Å²) in [5.74, 6) is 1.39. The number of methoxy groups -OCH3 is 2. The second kappa shape index (κ2) is 7.44. The number of benzene rings is 1. The Morgan fingerprint density at radius 3 is 2.74 bits per heavy atom. The fourth-order valence-corrected chi connectivity index (χ4v) is 4.24.